The summed E-state index contributed by atoms with van der Waals surface area (Å²) in [5, 5.41) is 0.141. The van der Waals surface area contributed by atoms with Crippen LogP contribution in [0.3, 0.4) is 0 Å². The first-order valence-corrected chi connectivity index (χ1v) is 13.5. The molecule has 2 aromatic rings. The molecule has 0 aromatic heterocycles. The minimum absolute atomic E-state index is 0.0893. The number of hydrogen-bond donors (Lipinski definition) is 0. The zero-order valence-electron chi connectivity index (χ0n) is 19.9. The van der Waals surface area contributed by atoms with Gasteiger partial charge in [0.1, 0.15) is 0 Å². The van der Waals surface area contributed by atoms with Crippen LogP contribution in [-0.4, -0.2) is 44.7 Å². The summed E-state index contributed by atoms with van der Waals surface area (Å²) in [4.78, 5) is 14.8. The van der Waals surface area contributed by atoms with Gasteiger partial charge in [-0.1, -0.05) is 43.5 Å². The van der Waals surface area contributed by atoms with Crippen LogP contribution in [0.15, 0.2) is 56.7 Å². The van der Waals surface area contributed by atoms with Gasteiger partial charge >= 0.3 is 0 Å². The molecule has 1 saturated heterocycles. The number of thioether (sulfide) groups is 1. The van der Waals surface area contributed by atoms with Gasteiger partial charge in [-0.15, -0.1) is 4.40 Å². The highest BCUT2D eigenvalue weighted by Crippen LogP contribution is 2.35. The molecule has 7 nitrogen and oxygen atoms in total. The average Bonchev–Trinajstić information content (AvgIpc) is 3.10. The van der Waals surface area contributed by atoms with Crippen LogP contribution in [0.4, 0.5) is 0 Å². The van der Waals surface area contributed by atoms with Crippen molar-refractivity contribution in [1.29, 1.82) is 0 Å². The summed E-state index contributed by atoms with van der Waals surface area (Å²) in [5.74, 6) is 0.932. The van der Waals surface area contributed by atoms with Gasteiger partial charge in [0.05, 0.1) is 23.5 Å². The number of aryl methyl sites for hydroxylation is 1. The lowest BCUT2D eigenvalue weighted by atomic mass is 10.2. The first-order valence-electron chi connectivity index (χ1n) is 11.2. The van der Waals surface area contributed by atoms with Gasteiger partial charge in [0.25, 0.3) is 15.9 Å². The Labute approximate surface area is 205 Å². The van der Waals surface area contributed by atoms with Gasteiger partial charge in [0.2, 0.25) is 0 Å². The summed E-state index contributed by atoms with van der Waals surface area (Å²) in [6.07, 6.45) is 4.89. The number of sulfonamides is 1. The van der Waals surface area contributed by atoms with Crippen LogP contribution in [0.25, 0.3) is 6.08 Å². The molecule has 0 atom stereocenters. The number of methoxy groups -OCH3 is 1. The minimum Gasteiger partial charge on any atom is -0.493 e. The molecule has 3 rings (SSSR count). The van der Waals surface area contributed by atoms with E-state index in [1.165, 1.54) is 17.0 Å². The van der Waals surface area contributed by atoms with Gasteiger partial charge in [0.15, 0.2) is 16.7 Å². The molecule has 0 radical (unpaired) electrons. The van der Waals surface area contributed by atoms with Gasteiger partial charge in [-0.3, -0.25) is 9.69 Å². The maximum absolute atomic E-state index is 12.9. The summed E-state index contributed by atoms with van der Waals surface area (Å²) >= 11 is 1.04. The Kier molecular flexibility index (Phi) is 8.79. The zero-order chi connectivity index (χ0) is 24.7. The Balaban J connectivity index is 1.85. The second-order valence-electron chi connectivity index (χ2n) is 7.79. The molecule has 34 heavy (non-hydrogen) atoms. The van der Waals surface area contributed by atoms with Gasteiger partial charge in [-0.05, 0) is 67.9 Å². The van der Waals surface area contributed by atoms with Crippen molar-refractivity contribution in [2.24, 2.45) is 4.40 Å². The smallest absolute Gasteiger partial charge is 0.284 e. The number of unbranched alkanes of at least 4 members (excludes halogenated alkanes) is 2. The average molecular weight is 503 g/mol. The zero-order valence-corrected chi connectivity index (χ0v) is 21.5. The van der Waals surface area contributed by atoms with E-state index in [2.05, 4.69) is 11.3 Å². The van der Waals surface area contributed by atoms with E-state index < -0.39 is 10.0 Å². The molecular formula is C25H30N2O5S2. The molecule has 1 fully saturated rings. The van der Waals surface area contributed by atoms with Crippen LogP contribution < -0.4 is 9.47 Å². The fourth-order valence-corrected chi connectivity index (χ4v) is 5.54. The number of benzene rings is 2. The van der Waals surface area contributed by atoms with Gasteiger partial charge in [-0.25, -0.2) is 0 Å². The van der Waals surface area contributed by atoms with Crippen LogP contribution in [-0.2, 0) is 14.8 Å². The predicted octanol–water partition coefficient (Wildman–Crippen LogP) is 5.25. The van der Waals surface area contributed by atoms with Gasteiger partial charge in [-0.2, -0.15) is 8.42 Å². The molecular weight excluding hydrogens is 472 g/mol. The lowest BCUT2D eigenvalue weighted by Crippen LogP contribution is -2.29. The molecule has 0 unspecified atom stereocenters. The van der Waals surface area contributed by atoms with Crippen molar-refractivity contribution < 1.29 is 22.7 Å². The van der Waals surface area contributed by atoms with Crippen LogP contribution in [0.1, 0.15) is 44.2 Å². The van der Waals surface area contributed by atoms with Crippen molar-refractivity contribution in [3.8, 4) is 11.5 Å². The third kappa shape index (κ3) is 6.21. The molecule has 9 heteroatoms. The van der Waals surface area contributed by atoms with E-state index in [4.69, 9.17) is 9.47 Å². The molecule has 0 spiro atoms. The molecule has 1 amide bonds. The summed E-state index contributed by atoms with van der Waals surface area (Å²) in [5.41, 5.74) is 1.69. The Morgan fingerprint density at radius 2 is 1.79 bits per heavy atom. The number of nitrogens with zero attached hydrogens (tertiary/aromatic N) is 2. The highest BCUT2D eigenvalue weighted by Gasteiger charge is 2.34. The van der Waals surface area contributed by atoms with Crippen LogP contribution in [0.2, 0.25) is 0 Å². The van der Waals surface area contributed by atoms with E-state index in [1.807, 2.05) is 19.1 Å². The Bertz CT molecular complexity index is 1190. The molecule has 0 bridgehead atoms. The van der Waals surface area contributed by atoms with Crippen molar-refractivity contribution in [2.75, 3.05) is 20.3 Å². The third-order valence-corrected chi connectivity index (χ3v) is 7.62. The summed E-state index contributed by atoms with van der Waals surface area (Å²) in [6, 6.07) is 11.9. The van der Waals surface area contributed by atoms with Crippen LogP contribution in [0, 0.1) is 6.92 Å². The number of amides is 1. The SMILES string of the molecule is CCCCCOc1ccc(/C=C2\S/C(=N/S(=O)(=O)c3ccc(C)cc3)N(CC)C2=O)cc1OC. The van der Waals surface area contributed by atoms with Crippen molar-refractivity contribution in [3.63, 3.8) is 0 Å². The van der Waals surface area contributed by atoms with E-state index >= 15 is 0 Å². The molecule has 1 heterocycles. The fraction of sp³-hybridized carbons (Fsp3) is 0.360. The minimum atomic E-state index is -3.94. The van der Waals surface area contributed by atoms with E-state index in [1.54, 1.807) is 38.3 Å². The number of ether oxygens (including phenoxy) is 2. The first-order chi connectivity index (χ1) is 16.3. The maximum atomic E-state index is 12.9. The molecule has 2 aromatic carbocycles. The summed E-state index contributed by atoms with van der Waals surface area (Å²) in [6.45, 7) is 6.71. The topological polar surface area (TPSA) is 85.3 Å². The van der Waals surface area contributed by atoms with E-state index in [0.717, 1.165) is 42.2 Å². The van der Waals surface area contributed by atoms with Gasteiger partial charge < -0.3 is 9.47 Å². The van der Waals surface area contributed by atoms with Crippen molar-refractivity contribution >= 4 is 38.9 Å². The van der Waals surface area contributed by atoms with Crippen molar-refractivity contribution in [2.45, 2.75) is 44.9 Å². The monoisotopic (exact) mass is 502 g/mol. The Hall–Kier alpha value is -2.78. The van der Waals surface area contributed by atoms with Gasteiger partial charge in [0, 0.05) is 6.54 Å². The summed E-state index contributed by atoms with van der Waals surface area (Å²) in [7, 11) is -2.37. The van der Waals surface area contributed by atoms with Crippen molar-refractivity contribution in [1.82, 2.24) is 4.90 Å². The highest BCUT2D eigenvalue weighted by molar-refractivity contribution is 8.19. The van der Waals surface area contributed by atoms with Crippen molar-refractivity contribution in [3.05, 3.63) is 58.5 Å². The predicted molar refractivity (Wildman–Crippen MR) is 137 cm³/mol. The Morgan fingerprint density at radius 1 is 1.06 bits per heavy atom. The largest absolute Gasteiger partial charge is 0.493 e. The quantitative estimate of drug-likeness (QED) is 0.326. The molecule has 1 aliphatic rings. The molecule has 1 aliphatic heterocycles. The number of carbonyl (C=O) groups excluding carboxylic acids is 1. The second kappa shape index (κ2) is 11.6. The molecule has 0 aliphatic carbocycles. The second-order valence-corrected chi connectivity index (χ2v) is 10.4. The molecule has 0 N–H and O–H groups in total. The maximum Gasteiger partial charge on any atom is 0.284 e. The number of hydrogen-bond acceptors (Lipinski definition) is 6. The highest BCUT2D eigenvalue weighted by atomic mass is 32.2. The first kappa shape index (κ1) is 25.8. The van der Waals surface area contributed by atoms with Crippen LogP contribution in [0.5, 0.6) is 11.5 Å². The molecule has 0 saturated carbocycles. The van der Waals surface area contributed by atoms with Crippen LogP contribution >= 0.6 is 11.8 Å². The fourth-order valence-electron chi connectivity index (χ4n) is 3.30. The molecule has 182 valence electrons. The number of carbonyl (C=O) groups is 1. The standard InChI is InChI=1S/C25H30N2O5S2/c1-5-7-8-15-32-21-14-11-19(16-22(21)31-4)17-23-24(28)27(6-2)25(33-23)26-34(29,30)20-12-9-18(3)10-13-20/h9-14,16-17H,5-8,15H2,1-4H3/b23-17-,26-25+. The lowest BCUT2D eigenvalue weighted by molar-refractivity contribution is -0.122. The number of likely N-dealkylation sites (N-methyl/N-ethyl adjacent to an activating group) is 1. The van der Waals surface area contributed by atoms with E-state index in [-0.39, 0.29) is 16.0 Å². The van der Waals surface area contributed by atoms with E-state index in [0.29, 0.717) is 29.6 Å². The normalized spacial score (nSPS) is 16.5. The third-order valence-electron chi connectivity index (χ3n) is 5.21. The Morgan fingerprint density at radius 3 is 2.44 bits per heavy atom. The summed E-state index contributed by atoms with van der Waals surface area (Å²) < 4.78 is 40.8. The lowest BCUT2D eigenvalue weighted by Gasteiger charge is -2.12. The number of rotatable bonds is 10. The van der Waals surface area contributed by atoms with E-state index in [9.17, 15) is 13.2 Å². The number of amidine groups is 1.